The first-order valence-corrected chi connectivity index (χ1v) is 16.4. The van der Waals surface area contributed by atoms with E-state index in [2.05, 4.69) is 48.2 Å². The van der Waals surface area contributed by atoms with Crippen LogP contribution in [0, 0.1) is 5.92 Å². The number of thioether (sulfide) groups is 1. The minimum Gasteiger partial charge on any atom is -0.393 e. The summed E-state index contributed by atoms with van der Waals surface area (Å²) in [6, 6.07) is 8.50. The van der Waals surface area contributed by atoms with Gasteiger partial charge in [-0.1, -0.05) is 50.5 Å². The quantitative estimate of drug-likeness (QED) is 0.255. The summed E-state index contributed by atoms with van der Waals surface area (Å²) in [7, 11) is -0.829. The van der Waals surface area contributed by atoms with Crippen LogP contribution in [0.5, 0.6) is 0 Å². The second kappa shape index (κ2) is 13.3. The molecule has 0 saturated heterocycles. The predicted octanol–water partition coefficient (Wildman–Crippen LogP) is 6.89. The summed E-state index contributed by atoms with van der Waals surface area (Å²) in [5, 5.41) is 22.5. The van der Waals surface area contributed by atoms with Gasteiger partial charge in [-0.05, 0) is 97.1 Å². The minimum atomic E-state index is -1.26. The molecule has 4 nitrogen and oxygen atoms in total. The van der Waals surface area contributed by atoms with Gasteiger partial charge >= 0.3 is 0 Å². The second-order valence-corrected chi connectivity index (χ2v) is 15.3. The number of unbranched alkanes of at least 4 members (excludes halogenated alkanes) is 1. The Kier molecular flexibility index (Phi) is 10.7. The van der Waals surface area contributed by atoms with Crippen LogP contribution in [0.4, 0.5) is 4.39 Å². The van der Waals surface area contributed by atoms with Crippen molar-refractivity contribution >= 4 is 33.3 Å². The fraction of sp³-hybridized carbons (Fsp3) is 0.552. The Bertz CT molecular complexity index is 990. The van der Waals surface area contributed by atoms with Crippen LogP contribution in [0.3, 0.4) is 0 Å². The predicted molar refractivity (Wildman–Crippen MR) is 153 cm³/mol. The van der Waals surface area contributed by atoms with Crippen LogP contribution in [-0.4, -0.2) is 46.6 Å². The van der Waals surface area contributed by atoms with Crippen molar-refractivity contribution in [2.45, 2.75) is 81.5 Å². The number of carbonyl (C=O) groups excluding carboxylic acids is 1. The van der Waals surface area contributed by atoms with Crippen molar-refractivity contribution < 1.29 is 19.4 Å². The number of amides is 1. The lowest BCUT2D eigenvalue weighted by atomic mass is 9.98. The third kappa shape index (κ3) is 7.73. The number of halogens is 1. The van der Waals surface area contributed by atoms with Crippen molar-refractivity contribution in [1.82, 2.24) is 5.32 Å². The van der Waals surface area contributed by atoms with Gasteiger partial charge in [0.25, 0.3) is 5.91 Å². The molecular formula is C29H42FNO3S2. The zero-order valence-electron chi connectivity index (χ0n) is 22.1. The van der Waals surface area contributed by atoms with Gasteiger partial charge < -0.3 is 15.5 Å². The largest absolute Gasteiger partial charge is 0.393 e. The van der Waals surface area contributed by atoms with Crippen LogP contribution in [0.25, 0.3) is 5.57 Å². The average Bonchev–Trinajstić information content (AvgIpc) is 3.62. The molecule has 1 aromatic rings. The summed E-state index contributed by atoms with van der Waals surface area (Å²) >= 11 is 0.783. The molecule has 0 bridgehead atoms. The SMILES string of the molecule is CCC/C=C(\NC(=O)/C(=C/C1CCCC1)c1ccc(S(C)(C)C2CC2)cc1)S/C(F)=C(\C)C(O)CO. The lowest BCUT2D eigenvalue weighted by Crippen LogP contribution is -2.23. The van der Waals surface area contributed by atoms with E-state index in [1.54, 1.807) is 0 Å². The van der Waals surface area contributed by atoms with Gasteiger partial charge in [0.05, 0.1) is 11.6 Å². The molecular weight excluding hydrogens is 493 g/mol. The number of aliphatic hydroxyl groups excluding tert-OH is 2. The highest BCUT2D eigenvalue weighted by atomic mass is 32.3. The molecule has 1 atom stereocenters. The standard InChI is InChI=1S/C29H42FNO3S2/c1-5-6-11-27(35-28(30)20(2)26(33)19-32)31-29(34)25(18-21-9-7-8-10-21)22-12-14-23(15-13-22)36(3,4)24-16-17-24/h11-15,18,21,24,26,32-33H,5-10,16-17,19H2,1-4H3,(H,31,34)/b25-18+,27-11+,28-20+. The molecule has 1 aromatic carbocycles. The average molecular weight is 536 g/mol. The highest BCUT2D eigenvalue weighted by Crippen LogP contribution is 2.62. The molecule has 0 heterocycles. The van der Waals surface area contributed by atoms with Gasteiger partial charge in [-0.2, -0.15) is 4.39 Å². The van der Waals surface area contributed by atoms with E-state index in [0.29, 0.717) is 22.9 Å². The molecule has 1 amide bonds. The van der Waals surface area contributed by atoms with Gasteiger partial charge in [-0.25, -0.2) is 10.0 Å². The number of aliphatic hydroxyl groups is 2. The van der Waals surface area contributed by atoms with E-state index in [9.17, 15) is 14.3 Å². The highest BCUT2D eigenvalue weighted by Gasteiger charge is 2.35. The van der Waals surface area contributed by atoms with Gasteiger partial charge in [-0.3, -0.25) is 4.79 Å². The molecule has 2 aliphatic carbocycles. The Hall–Kier alpha value is -1.54. The summed E-state index contributed by atoms with van der Waals surface area (Å²) in [6.45, 7) is 2.91. The summed E-state index contributed by atoms with van der Waals surface area (Å²) in [5.41, 5.74) is 1.57. The normalized spacial score (nSPS) is 19.8. The number of hydrogen-bond donors (Lipinski definition) is 3. The third-order valence-corrected chi connectivity index (χ3v) is 11.8. The van der Waals surface area contributed by atoms with E-state index >= 15 is 0 Å². The third-order valence-electron chi connectivity index (χ3n) is 7.21. The Morgan fingerprint density at radius 3 is 2.39 bits per heavy atom. The maximum absolute atomic E-state index is 14.8. The Balaban J connectivity index is 1.86. The smallest absolute Gasteiger partial charge is 0.256 e. The maximum atomic E-state index is 14.8. The van der Waals surface area contributed by atoms with E-state index in [0.717, 1.165) is 41.8 Å². The highest BCUT2D eigenvalue weighted by molar-refractivity contribution is 8.33. The van der Waals surface area contributed by atoms with E-state index in [4.69, 9.17) is 5.11 Å². The molecule has 36 heavy (non-hydrogen) atoms. The molecule has 0 aromatic heterocycles. The molecule has 2 fully saturated rings. The summed E-state index contributed by atoms with van der Waals surface area (Å²) < 4.78 is 14.8. The number of rotatable bonds is 12. The Morgan fingerprint density at radius 1 is 1.19 bits per heavy atom. The Labute approximate surface area is 221 Å². The van der Waals surface area contributed by atoms with E-state index in [1.807, 2.05) is 13.0 Å². The zero-order valence-corrected chi connectivity index (χ0v) is 23.7. The molecule has 0 aliphatic heterocycles. The summed E-state index contributed by atoms with van der Waals surface area (Å²) in [6.07, 6.45) is 16.1. The molecule has 7 heteroatoms. The summed E-state index contributed by atoms with van der Waals surface area (Å²) in [5.74, 6) is 0.125. The lowest BCUT2D eigenvalue weighted by Gasteiger charge is -2.32. The molecule has 3 rings (SSSR count). The molecule has 3 N–H and O–H groups in total. The Morgan fingerprint density at radius 2 is 1.83 bits per heavy atom. The van der Waals surface area contributed by atoms with Crippen LogP contribution in [-0.2, 0) is 4.79 Å². The molecule has 1 unspecified atom stereocenters. The fourth-order valence-corrected chi connectivity index (χ4v) is 7.89. The molecule has 0 spiro atoms. The van der Waals surface area contributed by atoms with Gasteiger partial charge in [0.15, 0.2) is 5.16 Å². The number of benzene rings is 1. The van der Waals surface area contributed by atoms with Gasteiger partial charge in [0.1, 0.15) is 6.10 Å². The number of nitrogens with one attached hydrogen (secondary N) is 1. The monoisotopic (exact) mass is 535 g/mol. The minimum absolute atomic E-state index is 0.0530. The van der Waals surface area contributed by atoms with Crippen LogP contribution < -0.4 is 5.32 Å². The van der Waals surface area contributed by atoms with Crippen molar-refractivity contribution in [2.24, 2.45) is 5.92 Å². The number of hydrogen-bond acceptors (Lipinski definition) is 4. The van der Waals surface area contributed by atoms with Gasteiger partial charge in [0.2, 0.25) is 0 Å². The van der Waals surface area contributed by atoms with Crippen LogP contribution in [0.1, 0.15) is 70.8 Å². The zero-order chi connectivity index (χ0) is 26.3. The first kappa shape index (κ1) is 29.0. The van der Waals surface area contributed by atoms with Gasteiger partial charge in [0, 0.05) is 11.1 Å². The van der Waals surface area contributed by atoms with Crippen molar-refractivity contribution in [1.29, 1.82) is 0 Å². The molecule has 2 aliphatic rings. The van der Waals surface area contributed by atoms with E-state index < -0.39 is 27.9 Å². The topological polar surface area (TPSA) is 69.6 Å². The van der Waals surface area contributed by atoms with Crippen molar-refractivity contribution in [3.8, 4) is 0 Å². The van der Waals surface area contributed by atoms with Crippen LogP contribution in [0.2, 0.25) is 0 Å². The van der Waals surface area contributed by atoms with Gasteiger partial charge in [-0.15, -0.1) is 0 Å². The van der Waals surface area contributed by atoms with Crippen molar-refractivity contribution in [3.63, 3.8) is 0 Å². The first-order valence-electron chi connectivity index (χ1n) is 13.1. The molecule has 0 radical (unpaired) electrons. The van der Waals surface area contributed by atoms with Crippen LogP contribution in [0.15, 0.2) is 57.1 Å². The van der Waals surface area contributed by atoms with E-state index in [1.165, 1.54) is 37.5 Å². The number of allylic oxidation sites excluding steroid dienone is 2. The molecule has 200 valence electrons. The number of carbonyl (C=O) groups is 1. The first-order chi connectivity index (χ1) is 17.2. The fourth-order valence-electron chi connectivity index (χ4n) is 4.52. The lowest BCUT2D eigenvalue weighted by molar-refractivity contribution is -0.114. The van der Waals surface area contributed by atoms with Crippen molar-refractivity contribution in [2.75, 3.05) is 19.1 Å². The maximum Gasteiger partial charge on any atom is 0.256 e. The second-order valence-electron chi connectivity index (χ2n) is 10.3. The molecule has 2 saturated carbocycles. The van der Waals surface area contributed by atoms with Crippen molar-refractivity contribution in [3.05, 3.63) is 57.7 Å². The van der Waals surface area contributed by atoms with E-state index in [-0.39, 0.29) is 11.5 Å². The summed E-state index contributed by atoms with van der Waals surface area (Å²) in [4.78, 5) is 15.0. The van der Waals surface area contributed by atoms with Crippen LogP contribution >= 0.6 is 21.8 Å².